The molecule has 0 heterocycles. The van der Waals surface area contributed by atoms with Gasteiger partial charge in [0, 0.05) is 11.0 Å². The Morgan fingerprint density at radius 1 is 1.17 bits per heavy atom. The van der Waals surface area contributed by atoms with Crippen LogP contribution < -0.4 is 5.32 Å². The van der Waals surface area contributed by atoms with E-state index in [9.17, 15) is 14.9 Å². The summed E-state index contributed by atoms with van der Waals surface area (Å²) in [5, 5.41) is 13.9. The van der Waals surface area contributed by atoms with Gasteiger partial charge < -0.3 is 5.32 Å². The third-order valence-corrected chi connectivity index (χ3v) is 5.04. The molecule has 0 bridgehead atoms. The first-order valence-electron chi connectivity index (χ1n) is 6.55. The van der Waals surface area contributed by atoms with E-state index >= 15 is 0 Å². The molecule has 1 N–H and O–H groups in total. The molecule has 8 heteroatoms. The third-order valence-electron chi connectivity index (χ3n) is 2.94. The van der Waals surface area contributed by atoms with Crippen molar-refractivity contribution in [3.63, 3.8) is 0 Å². The highest BCUT2D eigenvalue weighted by atomic mass is 35.5. The lowest BCUT2D eigenvalue weighted by molar-refractivity contribution is -0.383. The summed E-state index contributed by atoms with van der Waals surface area (Å²) < 4.78 is 0. The average Bonchev–Trinajstić information content (AvgIpc) is 2.51. The highest BCUT2D eigenvalue weighted by molar-refractivity contribution is 8.00. The Labute approximate surface area is 147 Å². The van der Waals surface area contributed by atoms with Gasteiger partial charge in [0.25, 0.3) is 5.69 Å². The van der Waals surface area contributed by atoms with Crippen LogP contribution in [-0.2, 0) is 4.79 Å². The standard InChI is InChI=1S/C15H12Cl2N2O3S/c1-9(23-14-10(16)5-4-6-11(14)17)15(20)18-12-7-2-3-8-13(12)19(21)22/h2-9H,1H3,(H,18,20)/t9-/m0/s1. The van der Waals surface area contributed by atoms with Gasteiger partial charge in [-0.1, -0.05) is 41.4 Å². The van der Waals surface area contributed by atoms with Crippen molar-refractivity contribution < 1.29 is 9.72 Å². The van der Waals surface area contributed by atoms with Crippen molar-refractivity contribution in [2.75, 3.05) is 5.32 Å². The summed E-state index contributed by atoms with van der Waals surface area (Å²) in [6.45, 7) is 1.68. The number of rotatable bonds is 5. The summed E-state index contributed by atoms with van der Waals surface area (Å²) >= 11 is 13.4. The average molecular weight is 371 g/mol. The predicted octanol–water partition coefficient (Wildman–Crippen LogP) is 5.02. The number of hydrogen-bond donors (Lipinski definition) is 1. The maximum absolute atomic E-state index is 12.3. The van der Waals surface area contributed by atoms with Crippen LogP contribution in [0.4, 0.5) is 11.4 Å². The molecular weight excluding hydrogens is 359 g/mol. The van der Waals surface area contributed by atoms with Crippen molar-refractivity contribution in [3.05, 3.63) is 62.6 Å². The van der Waals surface area contributed by atoms with Crippen molar-refractivity contribution in [2.24, 2.45) is 0 Å². The van der Waals surface area contributed by atoms with Crippen LogP contribution in [0.15, 0.2) is 47.4 Å². The van der Waals surface area contributed by atoms with Gasteiger partial charge >= 0.3 is 0 Å². The first kappa shape index (κ1) is 17.6. The van der Waals surface area contributed by atoms with Crippen LogP contribution in [0, 0.1) is 10.1 Å². The summed E-state index contributed by atoms with van der Waals surface area (Å²) in [6, 6.07) is 11.0. The number of carbonyl (C=O) groups excluding carboxylic acids is 1. The number of nitro groups is 1. The highest BCUT2D eigenvalue weighted by Crippen LogP contribution is 2.36. The zero-order valence-electron chi connectivity index (χ0n) is 12.0. The summed E-state index contributed by atoms with van der Waals surface area (Å²) in [4.78, 5) is 23.3. The molecule has 1 atom stereocenters. The lowest BCUT2D eigenvalue weighted by Crippen LogP contribution is -2.22. The van der Waals surface area contributed by atoms with E-state index in [1.807, 2.05) is 0 Å². The van der Waals surface area contributed by atoms with Crippen molar-refractivity contribution in [2.45, 2.75) is 17.1 Å². The van der Waals surface area contributed by atoms with Gasteiger partial charge in [0.05, 0.1) is 20.2 Å². The Morgan fingerprint density at radius 2 is 1.78 bits per heavy atom. The monoisotopic (exact) mass is 370 g/mol. The van der Waals surface area contributed by atoms with E-state index < -0.39 is 10.2 Å². The van der Waals surface area contributed by atoms with E-state index in [2.05, 4.69) is 5.32 Å². The number of benzene rings is 2. The number of carbonyl (C=O) groups is 1. The summed E-state index contributed by atoms with van der Waals surface area (Å²) in [5.41, 5.74) is -0.00553. The van der Waals surface area contributed by atoms with E-state index in [1.54, 1.807) is 31.2 Å². The molecule has 0 spiro atoms. The molecule has 0 fully saturated rings. The maximum Gasteiger partial charge on any atom is 0.292 e. The van der Waals surface area contributed by atoms with Crippen LogP contribution in [0.25, 0.3) is 0 Å². The molecule has 0 aromatic heterocycles. The third kappa shape index (κ3) is 4.37. The number of thioether (sulfide) groups is 1. The van der Waals surface area contributed by atoms with Crippen molar-refractivity contribution >= 4 is 52.2 Å². The molecular formula is C15H12Cl2N2O3S. The summed E-state index contributed by atoms with van der Waals surface area (Å²) in [5.74, 6) is -0.375. The Hall–Kier alpha value is -1.76. The van der Waals surface area contributed by atoms with Gasteiger partial charge in [-0.3, -0.25) is 14.9 Å². The number of amides is 1. The van der Waals surface area contributed by atoms with Gasteiger partial charge in [-0.25, -0.2) is 0 Å². The van der Waals surface area contributed by atoms with Crippen LogP contribution in [-0.4, -0.2) is 16.1 Å². The Bertz CT molecular complexity index is 735. The molecule has 0 radical (unpaired) electrons. The number of hydrogen-bond acceptors (Lipinski definition) is 4. The minimum Gasteiger partial charge on any atom is -0.319 e. The molecule has 0 saturated carbocycles. The lowest BCUT2D eigenvalue weighted by atomic mass is 10.2. The van der Waals surface area contributed by atoms with Gasteiger partial charge in [0.15, 0.2) is 0 Å². The predicted molar refractivity (Wildman–Crippen MR) is 93.5 cm³/mol. The van der Waals surface area contributed by atoms with Crippen molar-refractivity contribution in [1.29, 1.82) is 0 Å². The van der Waals surface area contributed by atoms with Crippen LogP contribution in [0.2, 0.25) is 10.0 Å². The molecule has 5 nitrogen and oxygen atoms in total. The van der Waals surface area contributed by atoms with Gasteiger partial charge in [0.2, 0.25) is 5.91 Å². The second-order valence-electron chi connectivity index (χ2n) is 4.57. The highest BCUT2D eigenvalue weighted by Gasteiger charge is 2.21. The van der Waals surface area contributed by atoms with Crippen LogP contribution in [0.3, 0.4) is 0 Å². The van der Waals surface area contributed by atoms with Crippen molar-refractivity contribution in [3.8, 4) is 0 Å². The number of nitro benzene ring substituents is 1. The zero-order valence-corrected chi connectivity index (χ0v) is 14.3. The SMILES string of the molecule is C[C@H](Sc1c(Cl)cccc1Cl)C(=O)Nc1ccccc1[N+](=O)[O-]. The number of nitrogens with one attached hydrogen (secondary N) is 1. The second-order valence-corrected chi connectivity index (χ2v) is 6.74. The molecule has 0 unspecified atom stereocenters. The first-order valence-corrected chi connectivity index (χ1v) is 8.18. The topological polar surface area (TPSA) is 72.2 Å². The van der Waals surface area contributed by atoms with Crippen LogP contribution in [0.5, 0.6) is 0 Å². The number of para-hydroxylation sites is 2. The Balaban J connectivity index is 2.14. The van der Waals surface area contributed by atoms with E-state index in [0.717, 1.165) is 0 Å². The normalized spacial score (nSPS) is 11.8. The van der Waals surface area contributed by atoms with E-state index in [-0.39, 0.29) is 17.3 Å². The van der Waals surface area contributed by atoms with Crippen LogP contribution in [0.1, 0.15) is 6.92 Å². The van der Waals surface area contributed by atoms with Crippen molar-refractivity contribution in [1.82, 2.24) is 0 Å². The van der Waals surface area contributed by atoms with E-state index in [0.29, 0.717) is 14.9 Å². The number of halogens is 2. The minimum atomic E-state index is -0.543. The Kier molecular flexibility index (Phi) is 5.87. The van der Waals surface area contributed by atoms with Gasteiger partial charge in [0.1, 0.15) is 5.69 Å². The van der Waals surface area contributed by atoms with E-state index in [1.165, 1.54) is 30.0 Å². The molecule has 0 saturated heterocycles. The molecule has 120 valence electrons. The molecule has 0 aliphatic carbocycles. The molecule has 0 aliphatic heterocycles. The summed E-state index contributed by atoms with van der Waals surface area (Å²) in [7, 11) is 0. The maximum atomic E-state index is 12.3. The number of anilines is 1. The minimum absolute atomic E-state index is 0.153. The number of nitrogens with zero attached hydrogens (tertiary/aromatic N) is 1. The Morgan fingerprint density at radius 3 is 2.39 bits per heavy atom. The van der Waals surface area contributed by atoms with Gasteiger partial charge in [-0.2, -0.15) is 0 Å². The first-order chi connectivity index (χ1) is 10.9. The lowest BCUT2D eigenvalue weighted by Gasteiger charge is -2.14. The van der Waals surface area contributed by atoms with Crippen LogP contribution >= 0.6 is 35.0 Å². The van der Waals surface area contributed by atoms with Gasteiger partial charge in [-0.15, -0.1) is 11.8 Å². The largest absolute Gasteiger partial charge is 0.319 e. The molecule has 1 amide bonds. The fourth-order valence-electron chi connectivity index (χ4n) is 1.80. The van der Waals surface area contributed by atoms with Gasteiger partial charge in [-0.05, 0) is 25.1 Å². The fraction of sp³-hybridized carbons (Fsp3) is 0.133. The fourth-order valence-corrected chi connectivity index (χ4v) is 3.34. The molecule has 23 heavy (non-hydrogen) atoms. The molecule has 2 rings (SSSR count). The van der Waals surface area contributed by atoms with E-state index in [4.69, 9.17) is 23.2 Å². The zero-order chi connectivity index (χ0) is 17.0. The molecule has 2 aromatic carbocycles. The summed E-state index contributed by atoms with van der Waals surface area (Å²) in [6.07, 6.45) is 0. The quantitative estimate of drug-likeness (QED) is 0.455. The molecule has 0 aliphatic rings. The smallest absolute Gasteiger partial charge is 0.292 e. The molecule has 2 aromatic rings. The second kappa shape index (κ2) is 7.68.